The molecule has 0 fully saturated rings. The number of hydrogen-bond donors (Lipinski definition) is 1. The molecule has 0 bridgehead atoms. The average Bonchev–Trinajstić information content (AvgIpc) is 2.19. The molecule has 0 saturated carbocycles. The number of nitrogens with zero attached hydrogens (tertiary/aromatic N) is 1. The maximum atomic E-state index is 9.98. The van der Waals surface area contributed by atoms with E-state index in [1.165, 1.54) is 0 Å². The van der Waals surface area contributed by atoms with Crippen molar-refractivity contribution in [2.75, 3.05) is 0 Å². The zero-order chi connectivity index (χ0) is 12.6. The van der Waals surface area contributed by atoms with E-state index in [0.717, 1.165) is 23.0 Å². The van der Waals surface area contributed by atoms with Crippen molar-refractivity contribution in [2.24, 2.45) is 5.41 Å². The highest BCUT2D eigenvalue weighted by atomic mass is 35.5. The van der Waals surface area contributed by atoms with Gasteiger partial charge in [0.25, 0.3) is 0 Å². The van der Waals surface area contributed by atoms with Crippen LogP contribution in [0.1, 0.15) is 26.5 Å². The number of halogens is 1. The molecule has 3 heteroatoms. The molecule has 0 aliphatic rings. The molecule has 2 nitrogen and oxygen atoms in total. The number of aromatic nitrogens is 1. The molecular formula is C14H16ClNO. The van der Waals surface area contributed by atoms with Gasteiger partial charge < -0.3 is 5.11 Å². The van der Waals surface area contributed by atoms with Crippen LogP contribution in [0.25, 0.3) is 10.9 Å². The van der Waals surface area contributed by atoms with Crippen molar-refractivity contribution in [1.82, 2.24) is 4.98 Å². The van der Waals surface area contributed by atoms with Crippen LogP contribution in [0, 0.1) is 5.41 Å². The molecule has 0 unspecified atom stereocenters. The molecule has 2 rings (SSSR count). The highest BCUT2D eigenvalue weighted by Crippen LogP contribution is 2.30. The highest BCUT2D eigenvalue weighted by Gasteiger charge is 2.16. The van der Waals surface area contributed by atoms with E-state index >= 15 is 0 Å². The summed E-state index contributed by atoms with van der Waals surface area (Å²) < 4.78 is 0. The summed E-state index contributed by atoms with van der Waals surface area (Å²) in [5, 5.41) is 11.4. The molecule has 90 valence electrons. The van der Waals surface area contributed by atoms with Crippen LogP contribution in [0.4, 0.5) is 0 Å². The van der Waals surface area contributed by atoms with Gasteiger partial charge in [0, 0.05) is 5.39 Å². The Hall–Kier alpha value is -1.28. The first-order chi connectivity index (χ1) is 7.87. The van der Waals surface area contributed by atoms with Crippen LogP contribution in [0.2, 0.25) is 5.02 Å². The number of rotatable bonds is 1. The highest BCUT2D eigenvalue weighted by molar-refractivity contribution is 6.35. The third kappa shape index (κ3) is 2.70. The minimum absolute atomic E-state index is 0.0940. The Kier molecular flexibility index (Phi) is 3.00. The fraction of sp³-hybridized carbons (Fsp3) is 0.357. The molecule has 0 spiro atoms. The molecule has 1 aromatic heterocycles. The minimum atomic E-state index is 0.0940. The predicted molar refractivity (Wildman–Crippen MR) is 71.6 cm³/mol. The van der Waals surface area contributed by atoms with Gasteiger partial charge in [-0.1, -0.05) is 38.4 Å². The number of pyridine rings is 1. The second kappa shape index (κ2) is 4.19. The van der Waals surface area contributed by atoms with Crippen molar-refractivity contribution in [3.05, 3.63) is 35.0 Å². The first-order valence-electron chi connectivity index (χ1n) is 5.64. The van der Waals surface area contributed by atoms with Crippen molar-refractivity contribution in [3.63, 3.8) is 0 Å². The van der Waals surface area contributed by atoms with Gasteiger partial charge in [-0.15, -0.1) is 0 Å². The lowest BCUT2D eigenvalue weighted by molar-refractivity contribution is 0.389. The average molecular weight is 250 g/mol. The quantitative estimate of drug-likeness (QED) is 0.822. The summed E-state index contributed by atoms with van der Waals surface area (Å²) in [7, 11) is 0. The van der Waals surface area contributed by atoms with Crippen molar-refractivity contribution >= 4 is 22.5 Å². The first kappa shape index (κ1) is 12.2. The Morgan fingerprint density at radius 2 is 2.00 bits per heavy atom. The molecule has 0 saturated heterocycles. The van der Waals surface area contributed by atoms with E-state index in [-0.39, 0.29) is 11.2 Å². The number of hydrogen-bond acceptors (Lipinski definition) is 2. The van der Waals surface area contributed by atoms with Gasteiger partial charge in [-0.05, 0) is 30.0 Å². The maximum Gasteiger partial charge on any atom is 0.137 e. The van der Waals surface area contributed by atoms with E-state index < -0.39 is 0 Å². The van der Waals surface area contributed by atoms with Gasteiger partial charge in [0.05, 0.1) is 16.2 Å². The van der Waals surface area contributed by atoms with Crippen LogP contribution >= 0.6 is 11.6 Å². The smallest absolute Gasteiger partial charge is 0.137 e. The van der Waals surface area contributed by atoms with Crippen LogP contribution < -0.4 is 0 Å². The molecule has 1 heterocycles. The Morgan fingerprint density at radius 1 is 1.29 bits per heavy atom. The molecule has 0 radical (unpaired) electrons. The molecule has 0 aliphatic heterocycles. The fourth-order valence-corrected chi connectivity index (χ4v) is 2.05. The summed E-state index contributed by atoms with van der Waals surface area (Å²) >= 11 is 6.06. The Balaban J connectivity index is 2.56. The van der Waals surface area contributed by atoms with Gasteiger partial charge >= 0.3 is 0 Å². The second-order valence-corrected chi connectivity index (χ2v) is 5.91. The Bertz CT molecular complexity index is 558. The molecule has 0 atom stereocenters. The molecule has 1 aromatic carbocycles. The maximum absolute atomic E-state index is 9.98. The fourth-order valence-electron chi connectivity index (χ4n) is 1.82. The topological polar surface area (TPSA) is 33.1 Å². The van der Waals surface area contributed by atoms with Crippen LogP contribution in [-0.4, -0.2) is 10.1 Å². The standard InChI is InChI=1S/C14H16ClNO/c1-14(2,3)8-12-13(17)7-9-10(15)5-4-6-11(9)16-12/h4-7,17H,8H2,1-3H3. The number of benzene rings is 1. The summed E-state index contributed by atoms with van der Waals surface area (Å²) in [6.07, 6.45) is 0.737. The van der Waals surface area contributed by atoms with Gasteiger partial charge in [0.15, 0.2) is 0 Å². The van der Waals surface area contributed by atoms with E-state index in [1.807, 2.05) is 12.1 Å². The Morgan fingerprint density at radius 3 is 2.65 bits per heavy atom. The van der Waals surface area contributed by atoms with Gasteiger partial charge in [-0.2, -0.15) is 0 Å². The number of fused-ring (bicyclic) bond motifs is 1. The Labute approximate surface area is 106 Å². The number of aromatic hydroxyl groups is 1. The first-order valence-corrected chi connectivity index (χ1v) is 6.02. The SMILES string of the molecule is CC(C)(C)Cc1nc2cccc(Cl)c2cc1O. The van der Waals surface area contributed by atoms with Crippen LogP contribution in [0.3, 0.4) is 0 Å². The van der Waals surface area contributed by atoms with E-state index in [0.29, 0.717) is 5.02 Å². The molecule has 0 aliphatic carbocycles. The van der Waals surface area contributed by atoms with Crippen molar-refractivity contribution in [3.8, 4) is 5.75 Å². The summed E-state index contributed by atoms with van der Waals surface area (Å²) in [6, 6.07) is 7.28. The lowest BCUT2D eigenvalue weighted by Gasteiger charge is -2.18. The summed E-state index contributed by atoms with van der Waals surface area (Å²) in [5.41, 5.74) is 1.65. The van der Waals surface area contributed by atoms with E-state index in [2.05, 4.69) is 25.8 Å². The molecule has 2 aromatic rings. The summed E-state index contributed by atoms with van der Waals surface area (Å²) in [6.45, 7) is 6.36. The van der Waals surface area contributed by atoms with Gasteiger partial charge in [0.1, 0.15) is 5.75 Å². The molecule has 17 heavy (non-hydrogen) atoms. The van der Waals surface area contributed by atoms with Crippen molar-refractivity contribution in [1.29, 1.82) is 0 Å². The third-order valence-electron chi connectivity index (χ3n) is 2.56. The normalized spacial score (nSPS) is 12.0. The van der Waals surface area contributed by atoms with Gasteiger partial charge in [-0.25, -0.2) is 4.98 Å². The van der Waals surface area contributed by atoms with E-state index in [4.69, 9.17) is 11.6 Å². The lowest BCUT2D eigenvalue weighted by Crippen LogP contribution is -2.10. The molecule has 1 N–H and O–H groups in total. The third-order valence-corrected chi connectivity index (χ3v) is 2.89. The monoisotopic (exact) mass is 249 g/mol. The minimum Gasteiger partial charge on any atom is -0.506 e. The molecule has 0 amide bonds. The van der Waals surface area contributed by atoms with Crippen molar-refractivity contribution < 1.29 is 5.11 Å². The molecular weight excluding hydrogens is 234 g/mol. The van der Waals surface area contributed by atoms with E-state index in [9.17, 15) is 5.11 Å². The second-order valence-electron chi connectivity index (χ2n) is 5.50. The lowest BCUT2D eigenvalue weighted by atomic mass is 9.90. The predicted octanol–water partition coefficient (Wildman–Crippen LogP) is 4.18. The van der Waals surface area contributed by atoms with Crippen LogP contribution in [0.15, 0.2) is 24.3 Å². The van der Waals surface area contributed by atoms with Crippen molar-refractivity contribution in [2.45, 2.75) is 27.2 Å². The zero-order valence-electron chi connectivity index (χ0n) is 10.3. The summed E-state index contributed by atoms with van der Waals surface area (Å²) in [4.78, 5) is 4.49. The van der Waals surface area contributed by atoms with Gasteiger partial charge in [-0.3, -0.25) is 0 Å². The van der Waals surface area contributed by atoms with E-state index in [1.54, 1.807) is 12.1 Å². The van der Waals surface area contributed by atoms with Crippen LogP contribution in [-0.2, 0) is 6.42 Å². The largest absolute Gasteiger partial charge is 0.506 e. The summed E-state index contributed by atoms with van der Waals surface area (Å²) in [5.74, 6) is 0.223. The van der Waals surface area contributed by atoms with Crippen LogP contribution in [0.5, 0.6) is 5.75 Å². The zero-order valence-corrected chi connectivity index (χ0v) is 11.0. The van der Waals surface area contributed by atoms with Gasteiger partial charge in [0.2, 0.25) is 0 Å².